The van der Waals surface area contributed by atoms with E-state index in [4.69, 9.17) is 4.74 Å². The lowest BCUT2D eigenvalue weighted by molar-refractivity contribution is -0.151. The predicted octanol–water partition coefficient (Wildman–Crippen LogP) is 2.46. The highest BCUT2D eigenvalue weighted by atomic mass is 79.9. The quantitative estimate of drug-likeness (QED) is 0.675. The summed E-state index contributed by atoms with van der Waals surface area (Å²) in [5.41, 5.74) is -0.0912. The molecule has 1 atom stereocenters. The molecule has 1 aliphatic rings. The second kappa shape index (κ2) is 9.12. The highest BCUT2D eigenvalue weighted by molar-refractivity contribution is 9.10. The number of rotatable bonds is 5. The molecule has 6 nitrogen and oxygen atoms in total. The van der Waals surface area contributed by atoms with Crippen LogP contribution in [0.25, 0.3) is 0 Å². The smallest absolute Gasteiger partial charge is 0.310 e. The van der Waals surface area contributed by atoms with Gasteiger partial charge in [0.15, 0.2) is 0 Å². The fourth-order valence-electron chi connectivity index (χ4n) is 2.90. The van der Waals surface area contributed by atoms with E-state index in [2.05, 4.69) is 15.9 Å². The summed E-state index contributed by atoms with van der Waals surface area (Å²) >= 11 is 3.14. The lowest BCUT2D eigenvalue weighted by atomic mass is 9.98. The second-order valence-corrected chi connectivity index (χ2v) is 7.13. The molecule has 1 saturated heterocycles. The van der Waals surface area contributed by atoms with Crippen molar-refractivity contribution >= 4 is 33.7 Å². The van der Waals surface area contributed by atoms with Gasteiger partial charge in [-0.05, 0) is 38.0 Å². The standard InChI is InChI=1S/C18H22BrFN2O4/c1-3-26-18(25)12-5-4-8-22(10-12)16(23)11-21(2)17(24)14-7-6-13(19)9-15(14)20/h6-7,9,12H,3-5,8,10-11H2,1-2H3. The summed E-state index contributed by atoms with van der Waals surface area (Å²) in [4.78, 5) is 39.5. The first-order valence-electron chi connectivity index (χ1n) is 8.48. The largest absolute Gasteiger partial charge is 0.466 e. The van der Waals surface area contributed by atoms with Crippen LogP contribution < -0.4 is 0 Å². The van der Waals surface area contributed by atoms with Gasteiger partial charge in [0.25, 0.3) is 5.91 Å². The number of likely N-dealkylation sites (tertiary alicyclic amines) is 1. The number of carbonyl (C=O) groups is 3. The van der Waals surface area contributed by atoms with E-state index in [0.29, 0.717) is 30.5 Å². The topological polar surface area (TPSA) is 66.9 Å². The number of amides is 2. The normalized spacial score (nSPS) is 16.9. The summed E-state index contributed by atoms with van der Waals surface area (Å²) in [6.45, 7) is 2.68. The van der Waals surface area contributed by atoms with Crippen molar-refractivity contribution in [2.45, 2.75) is 19.8 Å². The van der Waals surface area contributed by atoms with Crippen molar-refractivity contribution < 1.29 is 23.5 Å². The predicted molar refractivity (Wildman–Crippen MR) is 97.0 cm³/mol. The molecule has 0 spiro atoms. The zero-order chi connectivity index (χ0) is 19.3. The van der Waals surface area contributed by atoms with E-state index in [1.165, 1.54) is 24.1 Å². The monoisotopic (exact) mass is 428 g/mol. The number of piperidine rings is 1. The van der Waals surface area contributed by atoms with Crippen molar-refractivity contribution in [1.82, 2.24) is 9.80 Å². The third-order valence-corrected chi connectivity index (χ3v) is 4.77. The minimum Gasteiger partial charge on any atom is -0.466 e. The van der Waals surface area contributed by atoms with Gasteiger partial charge < -0.3 is 14.5 Å². The van der Waals surface area contributed by atoms with E-state index in [-0.39, 0.29) is 36.4 Å². The van der Waals surface area contributed by atoms with E-state index in [0.717, 1.165) is 0 Å². The Bertz CT molecular complexity index is 698. The van der Waals surface area contributed by atoms with Crippen LogP contribution in [0.4, 0.5) is 4.39 Å². The van der Waals surface area contributed by atoms with Crippen LogP contribution in [0.3, 0.4) is 0 Å². The molecule has 1 unspecified atom stereocenters. The molecule has 0 saturated carbocycles. The van der Waals surface area contributed by atoms with Gasteiger partial charge in [-0.3, -0.25) is 14.4 Å². The Hall–Kier alpha value is -1.96. The number of likely N-dealkylation sites (N-methyl/N-ethyl adjacent to an activating group) is 1. The molecule has 2 rings (SSSR count). The first-order chi connectivity index (χ1) is 12.3. The Balaban J connectivity index is 1.97. The zero-order valence-corrected chi connectivity index (χ0v) is 16.4. The molecule has 0 bridgehead atoms. The molecule has 1 heterocycles. The molecule has 0 N–H and O–H groups in total. The van der Waals surface area contributed by atoms with E-state index in [1.807, 2.05) is 0 Å². The third kappa shape index (κ3) is 5.03. The van der Waals surface area contributed by atoms with Crippen molar-refractivity contribution in [1.29, 1.82) is 0 Å². The highest BCUT2D eigenvalue weighted by Gasteiger charge is 2.30. The van der Waals surface area contributed by atoms with Gasteiger partial charge in [-0.15, -0.1) is 0 Å². The summed E-state index contributed by atoms with van der Waals surface area (Å²) in [5, 5.41) is 0. The van der Waals surface area contributed by atoms with Crippen LogP contribution in [0.1, 0.15) is 30.1 Å². The molecule has 142 valence electrons. The Morgan fingerprint density at radius 3 is 2.77 bits per heavy atom. The van der Waals surface area contributed by atoms with Crippen LogP contribution in [0.2, 0.25) is 0 Å². The van der Waals surface area contributed by atoms with Gasteiger partial charge in [0, 0.05) is 24.6 Å². The number of esters is 1. The first kappa shape index (κ1) is 20.4. The van der Waals surface area contributed by atoms with Gasteiger partial charge in [0.05, 0.1) is 24.6 Å². The molecule has 0 aliphatic carbocycles. The molecule has 1 aromatic rings. The molecular formula is C18H22BrFN2O4. The molecule has 1 aliphatic heterocycles. The Morgan fingerprint density at radius 2 is 2.12 bits per heavy atom. The van der Waals surface area contributed by atoms with E-state index in [1.54, 1.807) is 17.9 Å². The molecule has 1 fully saturated rings. The molecule has 0 radical (unpaired) electrons. The van der Waals surface area contributed by atoms with Crippen LogP contribution >= 0.6 is 15.9 Å². The lowest BCUT2D eigenvalue weighted by Crippen LogP contribution is -2.47. The summed E-state index contributed by atoms with van der Waals surface area (Å²) in [5.74, 6) is -2.12. The maximum atomic E-state index is 13.9. The molecule has 26 heavy (non-hydrogen) atoms. The summed E-state index contributed by atoms with van der Waals surface area (Å²) < 4.78 is 19.5. The fraction of sp³-hybridized carbons (Fsp3) is 0.500. The van der Waals surface area contributed by atoms with E-state index >= 15 is 0 Å². The lowest BCUT2D eigenvalue weighted by Gasteiger charge is -2.32. The Morgan fingerprint density at radius 1 is 1.38 bits per heavy atom. The van der Waals surface area contributed by atoms with Crippen molar-refractivity contribution in [3.05, 3.63) is 34.1 Å². The van der Waals surface area contributed by atoms with E-state index < -0.39 is 11.7 Å². The first-order valence-corrected chi connectivity index (χ1v) is 9.27. The Kier molecular flexibility index (Phi) is 7.14. The van der Waals surface area contributed by atoms with Gasteiger partial charge >= 0.3 is 5.97 Å². The van der Waals surface area contributed by atoms with Gasteiger partial charge in [0.2, 0.25) is 5.91 Å². The van der Waals surface area contributed by atoms with Crippen molar-refractivity contribution in [2.24, 2.45) is 5.92 Å². The zero-order valence-electron chi connectivity index (χ0n) is 14.8. The van der Waals surface area contributed by atoms with Crippen molar-refractivity contribution in [3.8, 4) is 0 Å². The second-order valence-electron chi connectivity index (χ2n) is 6.22. The van der Waals surface area contributed by atoms with Gasteiger partial charge in [-0.25, -0.2) is 4.39 Å². The van der Waals surface area contributed by atoms with Gasteiger partial charge in [-0.2, -0.15) is 0 Å². The van der Waals surface area contributed by atoms with Crippen LogP contribution in [0.15, 0.2) is 22.7 Å². The average molecular weight is 429 g/mol. The molecule has 8 heteroatoms. The van der Waals surface area contributed by atoms with E-state index in [9.17, 15) is 18.8 Å². The minimum absolute atomic E-state index is 0.0912. The highest BCUT2D eigenvalue weighted by Crippen LogP contribution is 2.19. The molecule has 1 aromatic carbocycles. The number of ether oxygens (including phenoxy) is 1. The average Bonchev–Trinajstić information content (AvgIpc) is 2.61. The molecule has 0 aromatic heterocycles. The number of hydrogen-bond donors (Lipinski definition) is 0. The number of benzene rings is 1. The van der Waals surface area contributed by atoms with Crippen LogP contribution in [0, 0.1) is 11.7 Å². The number of carbonyl (C=O) groups excluding carboxylic acids is 3. The maximum absolute atomic E-state index is 13.9. The van der Waals surface area contributed by atoms with Crippen LogP contribution in [0.5, 0.6) is 0 Å². The van der Waals surface area contributed by atoms with Gasteiger partial charge in [0.1, 0.15) is 5.82 Å². The van der Waals surface area contributed by atoms with Crippen molar-refractivity contribution in [3.63, 3.8) is 0 Å². The number of halogens is 2. The molecular weight excluding hydrogens is 407 g/mol. The minimum atomic E-state index is -0.649. The summed E-state index contributed by atoms with van der Waals surface area (Å²) in [7, 11) is 1.45. The summed E-state index contributed by atoms with van der Waals surface area (Å²) in [6.07, 6.45) is 1.38. The van der Waals surface area contributed by atoms with Crippen LogP contribution in [-0.4, -0.2) is 60.9 Å². The summed E-state index contributed by atoms with van der Waals surface area (Å²) in [6, 6.07) is 4.15. The number of hydrogen-bond acceptors (Lipinski definition) is 4. The SMILES string of the molecule is CCOC(=O)C1CCCN(C(=O)CN(C)C(=O)c2ccc(Br)cc2F)C1. The third-order valence-electron chi connectivity index (χ3n) is 4.27. The maximum Gasteiger partial charge on any atom is 0.310 e. The number of nitrogens with zero attached hydrogens (tertiary/aromatic N) is 2. The van der Waals surface area contributed by atoms with Crippen molar-refractivity contribution in [2.75, 3.05) is 33.3 Å². The van der Waals surface area contributed by atoms with Crippen LogP contribution in [-0.2, 0) is 14.3 Å². The molecule has 2 amide bonds. The Labute approximate surface area is 160 Å². The fourth-order valence-corrected chi connectivity index (χ4v) is 3.23. The van der Waals surface area contributed by atoms with Gasteiger partial charge in [-0.1, -0.05) is 15.9 Å².